The van der Waals surface area contributed by atoms with Crippen molar-refractivity contribution in [3.63, 3.8) is 0 Å². The summed E-state index contributed by atoms with van der Waals surface area (Å²) >= 11 is 1.33. The van der Waals surface area contributed by atoms with Gasteiger partial charge < -0.3 is 9.64 Å². The fraction of sp³-hybridized carbons (Fsp3) is 0.280. The van der Waals surface area contributed by atoms with E-state index in [1.807, 2.05) is 52.6 Å². The van der Waals surface area contributed by atoms with E-state index in [1.165, 1.54) is 16.3 Å². The van der Waals surface area contributed by atoms with Crippen molar-refractivity contribution in [3.05, 3.63) is 70.7 Å². The third kappa shape index (κ3) is 3.86. The van der Waals surface area contributed by atoms with Gasteiger partial charge in [-0.15, -0.1) is 10.2 Å². The molecule has 1 amide bonds. The zero-order chi connectivity index (χ0) is 23.7. The highest BCUT2D eigenvalue weighted by molar-refractivity contribution is 7.99. The van der Waals surface area contributed by atoms with Crippen molar-refractivity contribution < 1.29 is 9.53 Å². The minimum Gasteiger partial charge on any atom is -0.497 e. The van der Waals surface area contributed by atoms with Crippen LogP contribution in [0.25, 0.3) is 22.4 Å². The van der Waals surface area contributed by atoms with Gasteiger partial charge in [0.15, 0.2) is 5.16 Å². The number of rotatable bonds is 7. The fourth-order valence-corrected chi connectivity index (χ4v) is 5.21. The van der Waals surface area contributed by atoms with Crippen LogP contribution in [0.1, 0.15) is 26.2 Å². The molecule has 0 bridgehead atoms. The number of methoxy groups -OCH3 is 1. The number of fused-ring (bicyclic) bond motifs is 3. The van der Waals surface area contributed by atoms with E-state index < -0.39 is 0 Å². The molecule has 8 nitrogen and oxygen atoms in total. The summed E-state index contributed by atoms with van der Waals surface area (Å²) in [5.74, 6) is 1.30. The molecule has 1 aliphatic carbocycles. The lowest BCUT2D eigenvalue weighted by Crippen LogP contribution is -2.31. The monoisotopic (exact) mass is 475 g/mol. The van der Waals surface area contributed by atoms with Gasteiger partial charge in [0.2, 0.25) is 11.7 Å². The number of hydrogen-bond donors (Lipinski definition) is 0. The van der Waals surface area contributed by atoms with Crippen LogP contribution in [-0.2, 0) is 4.79 Å². The van der Waals surface area contributed by atoms with Gasteiger partial charge in [-0.25, -0.2) is 4.57 Å². The Balaban J connectivity index is 1.59. The topological polar surface area (TPSA) is 81.7 Å². The third-order valence-corrected chi connectivity index (χ3v) is 6.93. The summed E-state index contributed by atoms with van der Waals surface area (Å²) in [7, 11) is 1.59. The lowest BCUT2D eigenvalue weighted by atomic mass is 10.2. The highest BCUT2D eigenvalue weighted by atomic mass is 32.2. The van der Waals surface area contributed by atoms with Crippen LogP contribution in [0.5, 0.6) is 5.75 Å². The van der Waals surface area contributed by atoms with Gasteiger partial charge >= 0.3 is 0 Å². The molecular formula is C25H25N5O3S. The van der Waals surface area contributed by atoms with Crippen LogP contribution in [0.15, 0.2) is 70.3 Å². The van der Waals surface area contributed by atoms with Gasteiger partial charge in [0.25, 0.3) is 5.56 Å². The fourth-order valence-electron chi connectivity index (χ4n) is 4.40. The Labute approximate surface area is 200 Å². The van der Waals surface area contributed by atoms with Gasteiger partial charge in [-0.05, 0) is 50.5 Å². The molecule has 9 heteroatoms. The lowest BCUT2D eigenvalue weighted by Gasteiger charge is -2.22. The molecule has 0 aliphatic heterocycles. The lowest BCUT2D eigenvalue weighted by molar-refractivity contribution is -0.126. The number of ether oxygens (including phenoxy) is 1. The maximum Gasteiger partial charge on any atom is 0.267 e. The van der Waals surface area contributed by atoms with Crippen LogP contribution in [0.4, 0.5) is 0 Å². The number of carbonyl (C=O) groups excluding carboxylic acids is 1. The summed E-state index contributed by atoms with van der Waals surface area (Å²) in [6.45, 7) is 2.64. The Morgan fingerprint density at radius 1 is 1.18 bits per heavy atom. The number of thioether (sulfide) groups is 1. The largest absolute Gasteiger partial charge is 0.497 e. The Morgan fingerprint density at radius 2 is 2.03 bits per heavy atom. The van der Waals surface area contributed by atoms with Gasteiger partial charge in [0.05, 0.1) is 29.5 Å². The summed E-state index contributed by atoms with van der Waals surface area (Å²) in [5.41, 5.74) is 2.25. The first-order valence-electron chi connectivity index (χ1n) is 11.3. The quantitative estimate of drug-likeness (QED) is 0.375. The van der Waals surface area contributed by atoms with Gasteiger partial charge in [0, 0.05) is 18.3 Å². The van der Waals surface area contributed by atoms with E-state index in [2.05, 4.69) is 16.3 Å². The van der Waals surface area contributed by atoms with E-state index in [9.17, 15) is 9.59 Å². The molecular weight excluding hydrogens is 450 g/mol. The molecule has 1 aliphatic rings. The molecule has 174 valence electrons. The molecule has 4 aromatic rings. The molecule has 0 spiro atoms. The predicted octanol–water partition coefficient (Wildman–Crippen LogP) is 4.05. The van der Waals surface area contributed by atoms with Crippen LogP contribution >= 0.6 is 11.8 Å². The number of benzene rings is 2. The van der Waals surface area contributed by atoms with Gasteiger partial charge in [-0.2, -0.15) is 0 Å². The van der Waals surface area contributed by atoms with Crippen LogP contribution < -0.4 is 10.3 Å². The first-order valence-corrected chi connectivity index (χ1v) is 12.3. The van der Waals surface area contributed by atoms with Gasteiger partial charge in [0.1, 0.15) is 5.75 Å². The molecule has 34 heavy (non-hydrogen) atoms. The number of nitrogens with zero attached hydrogens (tertiary/aromatic N) is 5. The molecule has 2 heterocycles. The molecule has 0 radical (unpaired) electrons. The summed E-state index contributed by atoms with van der Waals surface area (Å²) in [6, 6.07) is 14.6. The standard InChI is InChI=1S/C25H25N5O3S/c1-3-28(17-9-4-5-10-17)22(31)16-34-25-27-26-24-29(18-11-8-12-19(15-18)33-2)23(32)20-13-6-7-14-21(20)30(24)25/h6-9,11-15H,3-5,10,16H2,1-2H3. The summed E-state index contributed by atoms with van der Waals surface area (Å²) < 4.78 is 8.73. The van der Waals surface area contributed by atoms with E-state index in [0.717, 1.165) is 25.0 Å². The Morgan fingerprint density at radius 3 is 2.79 bits per heavy atom. The minimum absolute atomic E-state index is 0.0443. The van der Waals surface area contributed by atoms with Crippen LogP contribution in [-0.4, -0.2) is 49.4 Å². The summed E-state index contributed by atoms with van der Waals surface area (Å²) in [4.78, 5) is 28.3. The van der Waals surface area contributed by atoms with Crippen molar-refractivity contribution in [1.29, 1.82) is 0 Å². The number of hydrogen-bond acceptors (Lipinski definition) is 6. The van der Waals surface area contributed by atoms with Gasteiger partial charge in [-0.3, -0.25) is 14.0 Å². The Bertz CT molecular complexity index is 1470. The highest BCUT2D eigenvalue weighted by Crippen LogP contribution is 2.26. The molecule has 0 unspecified atom stereocenters. The minimum atomic E-state index is -0.193. The molecule has 2 aromatic heterocycles. The smallest absolute Gasteiger partial charge is 0.267 e. The Kier molecular flexibility index (Phi) is 6.10. The van der Waals surface area contributed by atoms with Crippen molar-refractivity contribution >= 4 is 34.3 Å². The third-order valence-electron chi connectivity index (χ3n) is 6.01. The van der Waals surface area contributed by atoms with Crippen molar-refractivity contribution in [3.8, 4) is 11.4 Å². The highest BCUT2D eigenvalue weighted by Gasteiger charge is 2.22. The zero-order valence-corrected chi connectivity index (χ0v) is 19.9. The molecule has 0 atom stereocenters. The molecule has 0 saturated heterocycles. The van der Waals surface area contributed by atoms with Crippen LogP contribution in [0, 0.1) is 0 Å². The van der Waals surface area contributed by atoms with Crippen molar-refractivity contribution in [2.45, 2.75) is 31.3 Å². The molecule has 2 aromatic carbocycles. The number of allylic oxidation sites excluding steroid dienone is 2. The first kappa shape index (κ1) is 22.2. The van der Waals surface area contributed by atoms with Crippen molar-refractivity contribution in [2.24, 2.45) is 0 Å². The van der Waals surface area contributed by atoms with Crippen LogP contribution in [0.2, 0.25) is 0 Å². The molecule has 0 saturated carbocycles. The van der Waals surface area contributed by atoms with Crippen molar-refractivity contribution in [2.75, 3.05) is 19.4 Å². The van der Waals surface area contributed by atoms with Crippen molar-refractivity contribution in [1.82, 2.24) is 24.1 Å². The number of aromatic nitrogens is 4. The first-order chi connectivity index (χ1) is 16.6. The predicted molar refractivity (Wildman–Crippen MR) is 133 cm³/mol. The van der Waals surface area contributed by atoms with Crippen LogP contribution in [0.3, 0.4) is 0 Å². The number of carbonyl (C=O) groups is 1. The number of para-hydroxylation sites is 1. The molecule has 0 N–H and O–H groups in total. The SMILES string of the molecule is CCN(C(=O)CSc1nnc2n(-c3cccc(OC)c3)c(=O)c3ccccc3n12)C1=CCCC1. The second-order valence-electron chi connectivity index (χ2n) is 7.99. The summed E-state index contributed by atoms with van der Waals surface area (Å²) in [5, 5.41) is 9.83. The summed E-state index contributed by atoms with van der Waals surface area (Å²) in [6.07, 6.45) is 5.21. The Hall–Kier alpha value is -3.59. The second-order valence-corrected chi connectivity index (χ2v) is 8.93. The van der Waals surface area contributed by atoms with E-state index in [1.54, 1.807) is 19.2 Å². The van der Waals surface area contributed by atoms with E-state index >= 15 is 0 Å². The second kappa shape index (κ2) is 9.34. The maximum atomic E-state index is 13.5. The normalized spacial score (nSPS) is 13.4. The molecule has 0 fully saturated rings. The number of amides is 1. The van der Waals surface area contributed by atoms with E-state index in [4.69, 9.17) is 4.74 Å². The zero-order valence-electron chi connectivity index (χ0n) is 19.1. The maximum absolute atomic E-state index is 13.5. The van der Waals surface area contributed by atoms with E-state index in [-0.39, 0.29) is 17.2 Å². The molecule has 5 rings (SSSR count). The average Bonchev–Trinajstić information content (AvgIpc) is 3.54. The average molecular weight is 476 g/mol. The van der Waals surface area contributed by atoms with E-state index in [0.29, 0.717) is 39.8 Å². The van der Waals surface area contributed by atoms with Gasteiger partial charge in [-0.1, -0.05) is 36.0 Å².